The van der Waals surface area contributed by atoms with Crippen LogP contribution in [0.1, 0.15) is 88.4 Å². The highest BCUT2D eigenvalue weighted by Gasteiger charge is 2.24. The Balaban J connectivity index is 1.57. The van der Waals surface area contributed by atoms with Crippen LogP contribution < -0.4 is 0 Å². The van der Waals surface area contributed by atoms with Gasteiger partial charge in [0, 0.05) is 11.5 Å². The van der Waals surface area contributed by atoms with Gasteiger partial charge >= 0.3 is 0 Å². The van der Waals surface area contributed by atoms with Crippen LogP contribution in [0, 0.1) is 29.4 Å². The molecule has 2 aliphatic carbocycles. The van der Waals surface area contributed by atoms with Crippen LogP contribution >= 0.6 is 0 Å². The number of benzene rings is 1. The lowest BCUT2D eigenvalue weighted by atomic mass is 9.79. The Labute approximate surface area is 168 Å². The highest BCUT2D eigenvalue weighted by molar-refractivity contribution is 5.33. The quantitative estimate of drug-likeness (QED) is 0.510. The molecule has 0 radical (unpaired) electrons. The molecule has 1 saturated carbocycles. The zero-order chi connectivity index (χ0) is 20.1. The third kappa shape index (κ3) is 5.11. The minimum Gasteiger partial charge on any atom is -0.389 e. The molecule has 0 bridgehead atoms. The monoisotopic (exact) mass is 388 g/mol. The van der Waals surface area contributed by atoms with Crippen LogP contribution in [0.25, 0.3) is 0 Å². The smallest absolute Gasteiger partial charge is 0.164 e. The van der Waals surface area contributed by atoms with Crippen molar-refractivity contribution in [2.45, 2.75) is 77.2 Å². The molecule has 1 nitrogen and oxygen atoms in total. The Kier molecular flexibility index (Phi) is 7.45. The first kappa shape index (κ1) is 21.2. The first-order valence-corrected chi connectivity index (χ1v) is 11.0. The Morgan fingerprint density at radius 2 is 1.75 bits per heavy atom. The number of allylic oxidation sites excluding steroid dienone is 4. The molecule has 0 aromatic heterocycles. The van der Waals surface area contributed by atoms with Gasteiger partial charge in [0.15, 0.2) is 11.6 Å². The summed E-state index contributed by atoms with van der Waals surface area (Å²) in [6.07, 6.45) is 17.7. The number of rotatable bonds is 6. The van der Waals surface area contributed by atoms with E-state index in [1.54, 1.807) is 6.07 Å². The molecule has 0 heterocycles. The van der Waals surface area contributed by atoms with E-state index in [-0.39, 0.29) is 11.5 Å². The van der Waals surface area contributed by atoms with Crippen molar-refractivity contribution in [2.24, 2.45) is 17.8 Å². The molecule has 1 N–H and O–H groups in total. The van der Waals surface area contributed by atoms with Crippen molar-refractivity contribution in [2.75, 3.05) is 0 Å². The van der Waals surface area contributed by atoms with Gasteiger partial charge in [-0.1, -0.05) is 56.2 Å². The fraction of sp³-hybridized carbons (Fsp3) is 0.600. The summed E-state index contributed by atoms with van der Waals surface area (Å²) >= 11 is 0. The van der Waals surface area contributed by atoms with Crippen LogP contribution in [0.2, 0.25) is 0 Å². The normalized spacial score (nSPS) is 29.3. The second-order valence-electron chi connectivity index (χ2n) is 8.73. The van der Waals surface area contributed by atoms with E-state index in [2.05, 4.69) is 25.2 Å². The Bertz CT molecular complexity index is 699. The van der Waals surface area contributed by atoms with E-state index >= 15 is 0 Å². The summed E-state index contributed by atoms with van der Waals surface area (Å²) in [6.45, 7) is 3.72. The lowest BCUT2D eigenvalue weighted by Crippen LogP contribution is -2.13. The number of aliphatic hydroxyl groups is 1. The van der Waals surface area contributed by atoms with E-state index in [0.29, 0.717) is 17.4 Å². The fourth-order valence-corrected chi connectivity index (χ4v) is 4.83. The topological polar surface area (TPSA) is 20.2 Å². The molecule has 3 heteroatoms. The largest absolute Gasteiger partial charge is 0.389 e. The molecule has 0 aliphatic heterocycles. The van der Waals surface area contributed by atoms with Crippen molar-refractivity contribution in [1.29, 1.82) is 0 Å². The molecule has 0 spiro atoms. The summed E-state index contributed by atoms with van der Waals surface area (Å²) in [4.78, 5) is 0. The summed E-state index contributed by atoms with van der Waals surface area (Å²) in [6, 6.07) is 3.13. The maximum atomic E-state index is 14.4. The molecule has 3 atom stereocenters. The van der Waals surface area contributed by atoms with Gasteiger partial charge in [0.05, 0.1) is 6.10 Å². The summed E-state index contributed by atoms with van der Waals surface area (Å²) < 4.78 is 28.6. The summed E-state index contributed by atoms with van der Waals surface area (Å²) in [5.41, 5.74) is 0.422. The third-order valence-electron chi connectivity index (χ3n) is 6.61. The predicted molar refractivity (Wildman–Crippen MR) is 111 cm³/mol. The first-order valence-electron chi connectivity index (χ1n) is 11.0. The number of halogens is 2. The summed E-state index contributed by atoms with van der Waals surface area (Å²) in [5.74, 6) is 0.215. The van der Waals surface area contributed by atoms with Gasteiger partial charge in [0.2, 0.25) is 0 Å². The van der Waals surface area contributed by atoms with Crippen LogP contribution in [-0.2, 0) is 0 Å². The molecule has 3 rings (SSSR count). The number of hydrogen-bond acceptors (Lipinski definition) is 1. The summed E-state index contributed by atoms with van der Waals surface area (Å²) in [5, 5.41) is 9.54. The maximum absolute atomic E-state index is 14.4. The van der Waals surface area contributed by atoms with Crippen molar-refractivity contribution < 1.29 is 13.9 Å². The lowest BCUT2D eigenvalue weighted by molar-refractivity contribution is 0.192. The predicted octanol–water partition coefficient (Wildman–Crippen LogP) is 7.23. The van der Waals surface area contributed by atoms with Gasteiger partial charge < -0.3 is 5.11 Å². The second kappa shape index (κ2) is 9.82. The Hall–Kier alpha value is -1.48. The SMILES string of the molecule is CCCC1CCC(/C=C/C2C=CC(c3ccc(C(C)O)c(F)c3F)CC2)CC1. The van der Waals surface area contributed by atoms with E-state index < -0.39 is 17.7 Å². The van der Waals surface area contributed by atoms with Gasteiger partial charge in [-0.3, -0.25) is 0 Å². The van der Waals surface area contributed by atoms with Crippen molar-refractivity contribution in [1.82, 2.24) is 0 Å². The van der Waals surface area contributed by atoms with Gasteiger partial charge in [-0.15, -0.1) is 0 Å². The third-order valence-corrected chi connectivity index (χ3v) is 6.61. The van der Waals surface area contributed by atoms with Gasteiger partial charge in [-0.05, 0) is 68.8 Å². The maximum Gasteiger partial charge on any atom is 0.164 e. The highest BCUT2D eigenvalue weighted by atomic mass is 19.2. The molecule has 2 aliphatic rings. The van der Waals surface area contributed by atoms with E-state index in [4.69, 9.17) is 0 Å². The van der Waals surface area contributed by atoms with Gasteiger partial charge in [0.1, 0.15) is 0 Å². The van der Waals surface area contributed by atoms with Crippen LogP contribution in [0.3, 0.4) is 0 Å². The fourth-order valence-electron chi connectivity index (χ4n) is 4.83. The molecule has 1 aromatic carbocycles. The summed E-state index contributed by atoms with van der Waals surface area (Å²) in [7, 11) is 0. The molecule has 1 fully saturated rings. The van der Waals surface area contributed by atoms with Gasteiger partial charge in [-0.2, -0.15) is 0 Å². The van der Waals surface area contributed by atoms with Gasteiger partial charge in [0.25, 0.3) is 0 Å². The van der Waals surface area contributed by atoms with Crippen LogP contribution in [-0.4, -0.2) is 5.11 Å². The molecule has 28 heavy (non-hydrogen) atoms. The van der Waals surface area contributed by atoms with E-state index in [1.165, 1.54) is 51.5 Å². The van der Waals surface area contributed by atoms with Crippen molar-refractivity contribution >= 4 is 0 Å². The molecular weight excluding hydrogens is 354 g/mol. The minimum atomic E-state index is -1.00. The zero-order valence-corrected chi connectivity index (χ0v) is 17.2. The zero-order valence-electron chi connectivity index (χ0n) is 17.2. The van der Waals surface area contributed by atoms with Gasteiger partial charge in [-0.25, -0.2) is 8.78 Å². The molecule has 1 aromatic rings. The molecule has 3 unspecified atom stereocenters. The van der Waals surface area contributed by atoms with E-state index in [0.717, 1.165) is 18.8 Å². The van der Waals surface area contributed by atoms with Crippen LogP contribution in [0.15, 0.2) is 36.4 Å². The molecule has 0 saturated heterocycles. The molecular formula is C25H34F2O. The lowest BCUT2D eigenvalue weighted by Gasteiger charge is -2.27. The minimum absolute atomic E-state index is 0.0236. The first-order chi connectivity index (χ1) is 13.5. The van der Waals surface area contributed by atoms with E-state index in [1.807, 2.05) is 6.08 Å². The Morgan fingerprint density at radius 3 is 2.36 bits per heavy atom. The van der Waals surface area contributed by atoms with Crippen molar-refractivity contribution in [3.05, 3.63) is 59.2 Å². The standard InChI is InChI=1S/C25H34F2O/c1-3-4-18-5-7-19(8-6-18)9-10-20-11-13-21(14-12-20)23-16-15-22(17(2)28)24(26)25(23)27/h9-11,13,15-21,28H,3-8,12,14H2,1-2H3/b10-9+. The molecule has 0 amide bonds. The molecule has 154 valence electrons. The van der Waals surface area contributed by atoms with Crippen LogP contribution in [0.4, 0.5) is 8.78 Å². The van der Waals surface area contributed by atoms with Crippen LogP contribution in [0.5, 0.6) is 0 Å². The van der Waals surface area contributed by atoms with Crippen molar-refractivity contribution in [3.8, 4) is 0 Å². The Morgan fingerprint density at radius 1 is 1.00 bits per heavy atom. The van der Waals surface area contributed by atoms with E-state index in [9.17, 15) is 13.9 Å². The van der Waals surface area contributed by atoms with Crippen molar-refractivity contribution in [3.63, 3.8) is 0 Å². The highest BCUT2D eigenvalue weighted by Crippen LogP contribution is 2.36. The average molecular weight is 389 g/mol. The average Bonchev–Trinajstić information content (AvgIpc) is 2.70. The second-order valence-corrected chi connectivity index (χ2v) is 8.73. The number of aliphatic hydroxyl groups excluding tert-OH is 1. The number of hydrogen-bond donors (Lipinski definition) is 1.